The van der Waals surface area contributed by atoms with Crippen LogP contribution in [0.15, 0.2) is 18.2 Å². The van der Waals surface area contributed by atoms with Crippen molar-refractivity contribution in [1.29, 1.82) is 0 Å². The van der Waals surface area contributed by atoms with E-state index in [0.717, 1.165) is 35.9 Å². The van der Waals surface area contributed by atoms with Crippen molar-refractivity contribution in [3.05, 3.63) is 28.8 Å². The molecule has 0 heterocycles. The second kappa shape index (κ2) is 6.77. The van der Waals surface area contributed by atoms with E-state index in [1.807, 2.05) is 25.2 Å². The molecule has 0 saturated heterocycles. The van der Waals surface area contributed by atoms with Gasteiger partial charge in [0.1, 0.15) is 5.75 Å². The zero-order valence-corrected chi connectivity index (χ0v) is 11.0. The number of benzene rings is 1. The third kappa shape index (κ3) is 4.42. The highest BCUT2D eigenvalue weighted by Crippen LogP contribution is 2.23. The van der Waals surface area contributed by atoms with E-state index in [1.54, 1.807) is 0 Å². The van der Waals surface area contributed by atoms with E-state index < -0.39 is 0 Å². The lowest BCUT2D eigenvalue weighted by Crippen LogP contribution is -2.10. The molecule has 1 aromatic rings. The Hall–Kier alpha value is -0.730. The first kappa shape index (κ1) is 13.3. The zero-order valence-electron chi connectivity index (χ0n) is 10.2. The number of rotatable bonds is 6. The van der Waals surface area contributed by atoms with Gasteiger partial charge in [0.15, 0.2) is 0 Å². The van der Waals surface area contributed by atoms with E-state index in [4.69, 9.17) is 16.3 Å². The highest BCUT2D eigenvalue weighted by atomic mass is 35.5. The van der Waals surface area contributed by atoms with E-state index in [2.05, 4.69) is 19.2 Å². The summed E-state index contributed by atoms with van der Waals surface area (Å²) in [5, 5.41) is 3.90. The maximum Gasteiger partial charge on any atom is 0.120 e. The van der Waals surface area contributed by atoms with Crippen molar-refractivity contribution in [2.75, 3.05) is 20.2 Å². The lowest BCUT2D eigenvalue weighted by Gasteiger charge is -2.10. The molecule has 1 rings (SSSR count). The normalized spacial score (nSPS) is 10.8. The number of likely N-dealkylation sites (N-methyl/N-ethyl adjacent to an activating group) is 1. The lowest BCUT2D eigenvalue weighted by molar-refractivity contribution is 0.271. The summed E-state index contributed by atoms with van der Waals surface area (Å²) in [4.78, 5) is 0. The highest BCUT2D eigenvalue weighted by molar-refractivity contribution is 6.31. The molecule has 0 fully saturated rings. The van der Waals surface area contributed by atoms with Gasteiger partial charge in [-0.05, 0) is 43.6 Å². The Labute approximate surface area is 103 Å². The fourth-order valence-corrected chi connectivity index (χ4v) is 1.61. The van der Waals surface area contributed by atoms with Crippen LogP contribution in [0, 0.1) is 5.92 Å². The number of hydrogen-bond acceptors (Lipinski definition) is 2. The second-order valence-corrected chi connectivity index (χ2v) is 4.72. The molecule has 0 aliphatic carbocycles. The Kier molecular flexibility index (Phi) is 5.64. The van der Waals surface area contributed by atoms with Crippen molar-refractivity contribution >= 4 is 11.6 Å². The molecule has 0 aromatic heterocycles. The second-order valence-electron chi connectivity index (χ2n) is 4.31. The fraction of sp³-hybridized carbons (Fsp3) is 0.538. The molecule has 1 aromatic carbocycles. The number of ether oxygens (including phenoxy) is 1. The van der Waals surface area contributed by atoms with Gasteiger partial charge < -0.3 is 10.1 Å². The van der Waals surface area contributed by atoms with Gasteiger partial charge in [0.05, 0.1) is 6.61 Å². The molecule has 0 unspecified atom stereocenters. The zero-order chi connectivity index (χ0) is 12.0. The predicted molar refractivity (Wildman–Crippen MR) is 69.4 cm³/mol. The minimum atomic E-state index is 0.530. The first-order valence-electron chi connectivity index (χ1n) is 5.69. The first-order chi connectivity index (χ1) is 7.63. The van der Waals surface area contributed by atoms with Gasteiger partial charge in [0.2, 0.25) is 0 Å². The predicted octanol–water partition coefficient (Wildman–Crippen LogP) is 3.14. The van der Waals surface area contributed by atoms with Gasteiger partial charge in [-0.3, -0.25) is 0 Å². The van der Waals surface area contributed by atoms with E-state index in [9.17, 15) is 0 Å². The Morgan fingerprint density at radius 2 is 2.12 bits per heavy atom. The Balaban J connectivity index is 2.59. The molecule has 16 heavy (non-hydrogen) atoms. The van der Waals surface area contributed by atoms with Crippen LogP contribution in [0.2, 0.25) is 5.02 Å². The first-order valence-corrected chi connectivity index (χ1v) is 6.07. The van der Waals surface area contributed by atoms with Gasteiger partial charge >= 0.3 is 0 Å². The van der Waals surface area contributed by atoms with Crippen LogP contribution in [-0.2, 0) is 6.42 Å². The Morgan fingerprint density at radius 1 is 1.38 bits per heavy atom. The monoisotopic (exact) mass is 241 g/mol. The molecule has 0 amide bonds. The Bertz CT molecular complexity index is 326. The molecule has 1 N–H and O–H groups in total. The summed E-state index contributed by atoms with van der Waals surface area (Å²) >= 11 is 6.17. The van der Waals surface area contributed by atoms with E-state index in [0.29, 0.717) is 5.92 Å². The van der Waals surface area contributed by atoms with Crippen LogP contribution in [0.4, 0.5) is 0 Å². The van der Waals surface area contributed by atoms with E-state index in [-0.39, 0.29) is 0 Å². The van der Waals surface area contributed by atoms with Gasteiger partial charge in [-0.15, -0.1) is 0 Å². The number of hydrogen-bond donors (Lipinski definition) is 1. The highest BCUT2D eigenvalue weighted by Gasteiger charge is 2.03. The molecule has 0 aliphatic rings. The van der Waals surface area contributed by atoms with Crippen molar-refractivity contribution in [2.45, 2.75) is 20.3 Å². The van der Waals surface area contributed by atoms with Crippen LogP contribution < -0.4 is 10.1 Å². The summed E-state index contributed by atoms with van der Waals surface area (Å²) in [6.07, 6.45) is 0.944. The van der Waals surface area contributed by atoms with Crippen molar-refractivity contribution in [3.63, 3.8) is 0 Å². The van der Waals surface area contributed by atoms with Crippen molar-refractivity contribution in [3.8, 4) is 5.75 Å². The van der Waals surface area contributed by atoms with Crippen molar-refractivity contribution < 1.29 is 4.74 Å². The van der Waals surface area contributed by atoms with Crippen LogP contribution in [0.5, 0.6) is 5.75 Å². The van der Waals surface area contributed by atoms with Gasteiger partial charge in [-0.25, -0.2) is 0 Å². The summed E-state index contributed by atoms with van der Waals surface area (Å²) in [6.45, 7) is 5.92. The molecule has 0 spiro atoms. The van der Waals surface area contributed by atoms with E-state index >= 15 is 0 Å². The third-order valence-corrected chi connectivity index (χ3v) is 2.60. The van der Waals surface area contributed by atoms with Gasteiger partial charge in [-0.1, -0.05) is 31.5 Å². The van der Waals surface area contributed by atoms with Crippen LogP contribution in [0.1, 0.15) is 19.4 Å². The summed E-state index contributed by atoms with van der Waals surface area (Å²) in [5.41, 5.74) is 1.16. The maximum atomic E-state index is 6.17. The molecule has 0 aliphatic heterocycles. The van der Waals surface area contributed by atoms with Crippen LogP contribution in [0.25, 0.3) is 0 Å². The molecule has 2 nitrogen and oxygen atoms in total. The summed E-state index contributed by atoms with van der Waals surface area (Å²) in [7, 11) is 1.94. The number of halogens is 1. The molecule has 90 valence electrons. The average molecular weight is 242 g/mol. The van der Waals surface area contributed by atoms with Crippen LogP contribution in [-0.4, -0.2) is 20.2 Å². The molecule has 0 atom stereocenters. The molecule has 3 heteroatoms. The maximum absolute atomic E-state index is 6.17. The van der Waals surface area contributed by atoms with Crippen molar-refractivity contribution in [2.24, 2.45) is 5.92 Å². The largest absolute Gasteiger partial charge is 0.493 e. The van der Waals surface area contributed by atoms with Crippen molar-refractivity contribution in [1.82, 2.24) is 5.32 Å². The topological polar surface area (TPSA) is 21.3 Å². The molecule has 0 radical (unpaired) electrons. The standard InChI is InChI=1S/C13H20ClNO/c1-10(2)9-16-12-5-4-11(6-7-15-3)13(14)8-12/h4-5,8,10,15H,6-7,9H2,1-3H3. The SMILES string of the molecule is CNCCc1ccc(OCC(C)C)cc1Cl. The summed E-state index contributed by atoms with van der Waals surface area (Å²) in [6, 6.07) is 5.92. The molecular weight excluding hydrogens is 222 g/mol. The van der Waals surface area contributed by atoms with Gasteiger partial charge in [-0.2, -0.15) is 0 Å². The molecule has 0 bridgehead atoms. The van der Waals surface area contributed by atoms with E-state index in [1.165, 1.54) is 0 Å². The molecule has 0 saturated carbocycles. The Morgan fingerprint density at radius 3 is 2.69 bits per heavy atom. The smallest absolute Gasteiger partial charge is 0.120 e. The average Bonchev–Trinajstić information content (AvgIpc) is 2.25. The number of nitrogens with one attached hydrogen (secondary N) is 1. The lowest BCUT2D eigenvalue weighted by atomic mass is 10.1. The third-order valence-electron chi connectivity index (χ3n) is 2.25. The summed E-state index contributed by atoms with van der Waals surface area (Å²) in [5.74, 6) is 1.38. The quantitative estimate of drug-likeness (QED) is 0.826. The summed E-state index contributed by atoms with van der Waals surface area (Å²) < 4.78 is 5.61. The van der Waals surface area contributed by atoms with Gasteiger partial charge in [0, 0.05) is 5.02 Å². The van der Waals surface area contributed by atoms with Crippen LogP contribution in [0.3, 0.4) is 0 Å². The van der Waals surface area contributed by atoms with Gasteiger partial charge in [0.25, 0.3) is 0 Å². The van der Waals surface area contributed by atoms with Crippen LogP contribution >= 0.6 is 11.6 Å². The molecular formula is C13H20ClNO. The minimum absolute atomic E-state index is 0.530. The fourth-order valence-electron chi connectivity index (χ4n) is 1.34. The minimum Gasteiger partial charge on any atom is -0.493 e.